The molecule has 320 valence electrons. The second-order valence-electron chi connectivity index (χ2n) is 18.3. The van der Waals surface area contributed by atoms with Gasteiger partial charge in [-0.2, -0.15) is 0 Å². The van der Waals surface area contributed by atoms with Gasteiger partial charge in [0, 0.05) is 76.7 Å². The summed E-state index contributed by atoms with van der Waals surface area (Å²) in [5, 5.41) is 4.94. The van der Waals surface area contributed by atoms with E-state index in [4.69, 9.17) is 4.98 Å². The summed E-state index contributed by atoms with van der Waals surface area (Å²) in [5.74, 6) is 0.907. The van der Waals surface area contributed by atoms with E-state index in [0.29, 0.717) is 0 Å². The fourth-order valence-electron chi connectivity index (χ4n) is 10.8. The summed E-state index contributed by atoms with van der Waals surface area (Å²) in [6, 6.07) is 71.6. The van der Waals surface area contributed by atoms with Gasteiger partial charge in [0.2, 0.25) is 0 Å². The van der Waals surface area contributed by atoms with Gasteiger partial charge in [-0.1, -0.05) is 123 Å². The van der Waals surface area contributed by atoms with E-state index in [-0.39, 0.29) is 5.41 Å². The molecule has 11 aromatic rings. The SMILES string of the molecule is CC1(C)c2ccccc2-c2ccc(N(C3=CCCC=C3)c3cc(-c4ccc5c(c4)c4ccccc4n5-c4ccccn4)cc(N(c4ccccc4)c4ccc5sc6ccccc6c5c4)c3)cc21. The summed E-state index contributed by atoms with van der Waals surface area (Å²) in [5.41, 5.74) is 16.5. The zero-order valence-corrected chi connectivity index (χ0v) is 38.2. The van der Waals surface area contributed by atoms with Crippen LogP contribution >= 0.6 is 11.3 Å². The summed E-state index contributed by atoms with van der Waals surface area (Å²) in [6.07, 6.45) is 10.9. The molecule has 67 heavy (non-hydrogen) atoms. The van der Waals surface area contributed by atoms with Crippen molar-refractivity contribution in [3.63, 3.8) is 0 Å². The molecule has 0 atom stereocenters. The Labute approximate surface area is 394 Å². The lowest BCUT2D eigenvalue weighted by atomic mass is 9.82. The Morgan fingerprint density at radius 3 is 2.04 bits per heavy atom. The van der Waals surface area contributed by atoms with Gasteiger partial charge in [-0.25, -0.2) is 4.98 Å². The topological polar surface area (TPSA) is 24.3 Å². The third-order valence-electron chi connectivity index (χ3n) is 14.0. The first-order valence-corrected chi connectivity index (χ1v) is 24.1. The van der Waals surface area contributed by atoms with Crippen molar-refractivity contribution in [3.8, 4) is 28.1 Å². The monoisotopic (exact) mass is 878 g/mol. The van der Waals surface area contributed by atoms with Crippen molar-refractivity contribution in [2.45, 2.75) is 32.1 Å². The van der Waals surface area contributed by atoms with Crippen molar-refractivity contribution >= 4 is 81.8 Å². The lowest BCUT2D eigenvalue weighted by Crippen LogP contribution is -2.19. The van der Waals surface area contributed by atoms with Gasteiger partial charge in [-0.05, 0) is 149 Å². The number of thiophene rings is 1. The van der Waals surface area contributed by atoms with E-state index in [1.54, 1.807) is 0 Å². The van der Waals surface area contributed by atoms with Crippen molar-refractivity contribution in [1.29, 1.82) is 0 Å². The van der Waals surface area contributed by atoms with Crippen molar-refractivity contribution in [1.82, 2.24) is 9.55 Å². The molecule has 0 saturated carbocycles. The zero-order chi connectivity index (χ0) is 44.6. The predicted octanol–water partition coefficient (Wildman–Crippen LogP) is 17.4. The Balaban J connectivity index is 1.07. The average Bonchev–Trinajstić information content (AvgIpc) is 4.00. The number of anilines is 5. The molecule has 3 aromatic heterocycles. The number of para-hydroxylation sites is 2. The van der Waals surface area contributed by atoms with Crippen LogP contribution in [0.25, 0.3) is 70.0 Å². The van der Waals surface area contributed by atoms with Crippen LogP contribution in [0.3, 0.4) is 0 Å². The Hall–Kier alpha value is -7.99. The molecule has 13 rings (SSSR count). The molecule has 8 aromatic carbocycles. The average molecular weight is 879 g/mol. The first-order chi connectivity index (χ1) is 33.0. The molecule has 0 fully saturated rings. The van der Waals surface area contributed by atoms with Gasteiger partial charge in [0.25, 0.3) is 0 Å². The maximum atomic E-state index is 4.81. The lowest BCUT2D eigenvalue weighted by molar-refractivity contribution is 0.660. The fraction of sp³-hybridized carbons (Fsp3) is 0.0806. The van der Waals surface area contributed by atoms with Gasteiger partial charge in [0.1, 0.15) is 5.82 Å². The highest BCUT2D eigenvalue weighted by Crippen LogP contribution is 2.51. The predicted molar refractivity (Wildman–Crippen MR) is 284 cm³/mol. The molecule has 0 saturated heterocycles. The second kappa shape index (κ2) is 15.6. The molecule has 0 bridgehead atoms. The van der Waals surface area contributed by atoms with Gasteiger partial charge in [0.15, 0.2) is 0 Å². The van der Waals surface area contributed by atoms with Gasteiger partial charge in [-0.15, -0.1) is 11.3 Å². The molecular weight excluding hydrogens is 833 g/mol. The number of allylic oxidation sites excluding steroid dienone is 3. The van der Waals surface area contributed by atoms with Crippen LogP contribution < -0.4 is 9.80 Å². The second-order valence-corrected chi connectivity index (χ2v) is 19.4. The number of benzene rings is 8. The molecule has 2 aliphatic rings. The summed E-state index contributed by atoms with van der Waals surface area (Å²) < 4.78 is 4.87. The molecule has 0 amide bonds. The van der Waals surface area contributed by atoms with Crippen LogP contribution in [0.5, 0.6) is 0 Å². The fourth-order valence-corrected chi connectivity index (χ4v) is 11.9. The quantitative estimate of drug-likeness (QED) is 0.152. The van der Waals surface area contributed by atoms with Crippen LogP contribution in [0.2, 0.25) is 0 Å². The van der Waals surface area contributed by atoms with E-state index in [9.17, 15) is 0 Å². The van der Waals surface area contributed by atoms with E-state index in [0.717, 1.165) is 69.3 Å². The standard InChI is InChI=1S/C62H46N4S/c1-62(2)55-24-12-9-21-49(55)50-31-29-46(40-56(50)62)65(44-19-7-4-8-20-44)48-36-42(41-28-32-58-53(37-41)51-22-10-13-25-57(51)66(58)61-27-15-16-34-63-61)35-47(38-48)64(43-17-5-3-6-18-43)45-30-33-60-54(39-45)52-23-11-14-26-59(52)67-60/h3,5-7,9-40H,4,8H2,1-2H3. The van der Waals surface area contributed by atoms with Crippen LogP contribution in [-0.4, -0.2) is 9.55 Å². The smallest absolute Gasteiger partial charge is 0.137 e. The number of aromatic nitrogens is 2. The molecule has 3 heterocycles. The van der Waals surface area contributed by atoms with E-state index in [1.165, 1.54) is 58.9 Å². The molecule has 0 aliphatic heterocycles. The first kappa shape index (κ1) is 39.4. The lowest BCUT2D eigenvalue weighted by Gasteiger charge is -2.32. The van der Waals surface area contributed by atoms with Gasteiger partial charge >= 0.3 is 0 Å². The highest BCUT2D eigenvalue weighted by molar-refractivity contribution is 7.25. The summed E-state index contributed by atoms with van der Waals surface area (Å²) >= 11 is 1.86. The minimum atomic E-state index is -0.143. The maximum absolute atomic E-state index is 4.81. The molecular formula is C62H46N4S. The number of rotatable bonds is 8. The Morgan fingerprint density at radius 1 is 0.478 bits per heavy atom. The van der Waals surface area contributed by atoms with Crippen LogP contribution in [-0.2, 0) is 5.41 Å². The molecule has 0 N–H and O–H groups in total. The molecule has 0 radical (unpaired) electrons. The normalized spacial score (nSPS) is 13.9. The van der Waals surface area contributed by atoms with E-state index in [1.807, 2.05) is 23.6 Å². The van der Waals surface area contributed by atoms with Crippen LogP contribution in [0.1, 0.15) is 37.8 Å². The van der Waals surface area contributed by atoms with Gasteiger partial charge in [-0.3, -0.25) is 4.57 Å². The number of nitrogens with zero attached hydrogens (tertiary/aromatic N) is 4. The van der Waals surface area contributed by atoms with Crippen LogP contribution in [0.15, 0.2) is 224 Å². The number of fused-ring (bicyclic) bond motifs is 9. The van der Waals surface area contributed by atoms with E-state index >= 15 is 0 Å². The van der Waals surface area contributed by atoms with Gasteiger partial charge < -0.3 is 9.80 Å². The molecule has 0 spiro atoms. The van der Waals surface area contributed by atoms with Crippen molar-refractivity contribution in [2.24, 2.45) is 0 Å². The molecule has 5 heteroatoms. The van der Waals surface area contributed by atoms with Crippen molar-refractivity contribution < 1.29 is 0 Å². The van der Waals surface area contributed by atoms with E-state index < -0.39 is 0 Å². The number of pyridine rings is 1. The highest BCUT2D eigenvalue weighted by Gasteiger charge is 2.36. The molecule has 2 aliphatic carbocycles. The maximum Gasteiger partial charge on any atom is 0.137 e. The summed E-state index contributed by atoms with van der Waals surface area (Å²) in [6.45, 7) is 4.74. The third-order valence-corrected chi connectivity index (χ3v) is 15.1. The molecule has 4 nitrogen and oxygen atoms in total. The van der Waals surface area contributed by atoms with Crippen molar-refractivity contribution in [2.75, 3.05) is 9.80 Å². The minimum Gasteiger partial charge on any atom is -0.311 e. The Kier molecular flexibility index (Phi) is 9.16. The van der Waals surface area contributed by atoms with Crippen LogP contribution in [0, 0.1) is 0 Å². The van der Waals surface area contributed by atoms with Gasteiger partial charge in [0.05, 0.1) is 11.0 Å². The summed E-state index contributed by atoms with van der Waals surface area (Å²) in [4.78, 5) is 9.74. The zero-order valence-electron chi connectivity index (χ0n) is 37.4. The first-order valence-electron chi connectivity index (χ1n) is 23.3. The largest absolute Gasteiger partial charge is 0.311 e. The highest BCUT2D eigenvalue weighted by atomic mass is 32.1. The third kappa shape index (κ3) is 6.45. The number of hydrogen-bond donors (Lipinski definition) is 0. The molecule has 0 unspecified atom stereocenters. The minimum absolute atomic E-state index is 0.143. The van der Waals surface area contributed by atoms with Crippen molar-refractivity contribution in [3.05, 3.63) is 235 Å². The number of hydrogen-bond acceptors (Lipinski definition) is 4. The Bertz CT molecular complexity index is 3800. The summed E-state index contributed by atoms with van der Waals surface area (Å²) in [7, 11) is 0. The Morgan fingerprint density at radius 2 is 1.19 bits per heavy atom. The van der Waals surface area contributed by atoms with E-state index in [2.05, 4.69) is 234 Å². The van der Waals surface area contributed by atoms with Crippen LogP contribution in [0.4, 0.5) is 28.4 Å².